The maximum Gasteiger partial charge on any atom is 0.330 e. The van der Waals surface area contributed by atoms with Crippen LogP contribution in [0.5, 0.6) is 0 Å². The summed E-state index contributed by atoms with van der Waals surface area (Å²) in [5.41, 5.74) is -0.568. The summed E-state index contributed by atoms with van der Waals surface area (Å²) in [6, 6.07) is 1.39. The fourth-order valence-electron chi connectivity index (χ4n) is 1.67. The van der Waals surface area contributed by atoms with Crippen molar-refractivity contribution < 1.29 is 0 Å². The van der Waals surface area contributed by atoms with Crippen LogP contribution in [0.4, 0.5) is 0 Å². The molecule has 0 aromatic carbocycles. The topological polar surface area (TPSA) is 61.8 Å². The molecule has 2 heterocycles. The molecule has 0 radical (unpaired) electrons. The van der Waals surface area contributed by atoms with E-state index in [1.807, 2.05) is 17.7 Å². The Morgan fingerprint density at radius 2 is 2.00 bits per heavy atom. The van der Waals surface area contributed by atoms with Crippen LogP contribution in [0.25, 0.3) is 0 Å². The molecular weight excluding hydrogens is 220 g/mol. The lowest BCUT2D eigenvalue weighted by molar-refractivity contribution is 0.519. The number of aryl methyl sites for hydroxylation is 3. The Hall–Kier alpha value is -2.11. The molecule has 0 N–H and O–H groups in total. The van der Waals surface area contributed by atoms with Crippen LogP contribution in [0.15, 0.2) is 34.2 Å². The molecule has 0 saturated heterocycles. The van der Waals surface area contributed by atoms with Crippen LogP contribution in [0.3, 0.4) is 0 Å². The molecule has 0 aliphatic heterocycles. The molecule has 0 bridgehead atoms. The summed E-state index contributed by atoms with van der Waals surface area (Å²) in [6.07, 6.45) is 5.00. The van der Waals surface area contributed by atoms with E-state index in [4.69, 9.17) is 0 Å². The molecule has 0 atom stereocenters. The first-order valence-electron chi connectivity index (χ1n) is 5.34. The highest BCUT2D eigenvalue weighted by Gasteiger charge is 2.03. The summed E-state index contributed by atoms with van der Waals surface area (Å²) in [7, 11) is 1.63. The van der Waals surface area contributed by atoms with Gasteiger partial charge in [0.1, 0.15) is 5.82 Å². The van der Waals surface area contributed by atoms with Gasteiger partial charge in [-0.1, -0.05) is 0 Å². The van der Waals surface area contributed by atoms with E-state index < -0.39 is 0 Å². The summed E-state index contributed by atoms with van der Waals surface area (Å²) in [6.45, 7) is 2.79. The SMILES string of the molecule is Cc1nccn1CCn1c(=O)ccn(C)c1=O. The van der Waals surface area contributed by atoms with Gasteiger partial charge in [0.05, 0.1) is 0 Å². The number of nitrogens with zero attached hydrogens (tertiary/aromatic N) is 4. The Morgan fingerprint density at radius 3 is 2.65 bits per heavy atom. The van der Waals surface area contributed by atoms with Gasteiger partial charge in [-0.2, -0.15) is 0 Å². The Balaban J connectivity index is 2.26. The van der Waals surface area contributed by atoms with E-state index >= 15 is 0 Å². The van der Waals surface area contributed by atoms with E-state index in [1.54, 1.807) is 13.2 Å². The van der Waals surface area contributed by atoms with Gasteiger partial charge in [0.25, 0.3) is 5.56 Å². The summed E-state index contributed by atoms with van der Waals surface area (Å²) in [5, 5.41) is 0. The van der Waals surface area contributed by atoms with E-state index in [9.17, 15) is 9.59 Å². The molecule has 2 rings (SSSR count). The van der Waals surface area contributed by atoms with Crippen molar-refractivity contribution in [3.63, 3.8) is 0 Å². The molecule has 0 aliphatic rings. The molecule has 6 nitrogen and oxygen atoms in total. The summed E-state index contributed by atoms with van der Waals surface area (Å²) in [4.78, 5) is 27.4. The average Bonchev–Trinajstić information content (AvgIpc) is 2.70. The third-order valence-electron chi connectivity index (χ3n) is 2.73. The van der Waals surface area contributed by atoms with Gasteiger partial charge in [0.2, 0.25) is 0 Å². The number of aromatic nitrogens is 4. The largest absolute Gasteiger partial charge is 0.333 e. The third kappa shape index (κ3) is 2.20. The average molecular weight is 234 g/mol. The van der Waals surface area contributed by atoms with Gasteiger partial charge in [-0.05, 0) is 6.92 Å². The minimum absolute atomic E-state index is 0.272. The molecule has 90 valence electrons. The fraction of sp³-hybridized carbons (Fsp3) is 0.364. The van der Waals surface area contributed by atoms with E-state index in [-0.39, 0.29) is 11.2 Å². The van der Waals surface area contributed by atoms with Gasteiger partial charge >= 0.3 is 5.69 Å². The number of hydrogen-bond acceptors (Lipinski definition) is 3. The van der Waals surface area contributed by atoms with E-state index in [0.29, 0.717) is 13.1 Å². The maximum absolute atomic E-state index is 11.7. The number of imidazole rings is 1. The second kappa shape index (κ2) is 4.40. The quantitative estimate of drug-likeness (QED) is 0.736. The molecule has 0 unspecified atom stereocenters. The zero-order valence-corrected chi connectivity index (χ0v) is 9.83. The second-order valence-corrected chi connectivity index (χ2v) is 3.87. The zero-order valence-electron chi connectivity index (χ0n) is 9.83. The molecule has 17 heavy (non-hydrogen) atoms. The van der Waals surface area contributed by atoms with Crippen LogP contribution in [-0.2, 0) is 20.1 Å². The first kappa shape index (κ1) is 11.4. The smallest absolute Gasteiger partial charge is 0.330 e. The lowest BCUT2D eigenvalue weighted by Gasteiger charge is -2.08. The fourth-order valence-corrected chi connectivity index (χ4v) is 1.67. The van der Waals surface area contributed by atoms with Gasteiger partial charge in [-0.15, -0.1) is 0 Å². The van der Waals surface area contributed by atoms with Gasteiger partial charge in [0, 0.05) is 44.8 Å². The number of hydrogen-bond donors (Lipinski definition) is 0. The van der Waals surface area contributed by atoms with E-state index in [0.717, 1.165) is 5.82 Å². The third-order valence-corrected chi connectivity index (χ3v) is 2.73. The Labute approximate surface area is 97.8 Å². The van der Waals surface area contributed by atoms with Gasteiger partial charge < -0.3 is 9.13 Å². The molecule has 2 aromatic rings. The zero-order chi connectivity index (χ0) is 12.4. The highest BCUT2D eigenvalue weighted by molar-refractivity contribution is 4.89. The molecule has 0 aliphatic carbocycles. The van der Waals surface area contributed by atoms with Crippen molar-refractivity contribution >= 4 is 0 Å². The van der Waals surface area contributed by atoms with Crippen molar-refractivity contribution in [3.05, 3.63) is 51.3 Å². The summed E-state index contributed by atoms with van der Waals surface area (Å²) < 4.78 is 4.51. The van der Waals surface area contributed by atoms with Gasteiger partial charge in [-0.25, -0.2) is 9.78 Å². The minimum atomic E-state index is -0.296. The Kier molecular flexibility index (Phi) is 2.95. The first-order valence-corrected chi connectivity index (χ1v) is 5.34. The van der Waals surface area contributed by atoms with Crippen LogP contribution in [0.1, 0.15) is 5.82 Å². The van der Waals surface area contributed by atoms with E-state index in [1.165, 1.54) is 21.4 Å². The van der Waals surface area contributed by atoms with E-state index in [2.05, 4.69) is 4.98 Å². The normalized spacial score (nSPS) is 10.7. The molecular formula is C11H14N4O2. The monoisotopic (exact) mass is 234 g/mol. The lowest BCUT2D eigenvalue weighted by atomic mass is 10.5. The first-order chi connectivity index (χ1) is 8.09. The van der Waals surface area contributed by atoms with Crippen LogP contribution in [-0.4, -0.2) is 18.7 Å². The predicted molar refractivity (Wildman–Crippen MR) is 62.9 cm³/mol. The van der Waals surface area contributed by atoms with Crippen molar-refractivity contribution in [2.75, 3.05) is 0 Å². The Morgan fingerprint density at radius 1 is 1.24 bits per heavy atom. The molecule has 0 amide bonds. The van der Waals surface area contributed by atoms with Crippen molar-refractivity contribution in [1.29, 1.82) is 0 Å². The van der Waals surface area contributed by atoms with Crippen molar-refractivity contribution in [3.8, 4) is 0 Å². The van der Waals surface area contributed by atoms with Crippen LogP contribution >= 0.6 is 0 Å². The second-order valence-electron chi connectivity index (χ2n) is 3.87. The van der Waals surface area contributed by atoms with Crippen molar-refractivity contribution in [1.82, 2.24) is 18.7 Å². The Bertz CT molecular complexity index is 635. The molecule has 2 aromatic heterocycles. The van der Waals surface area contributed by atoms with Gasteiger partial charge in [0.15, 0.2) is 0 Å². The van der Waals surface area contributed by atoms with Crippen LogP contribution in [0, 0.1) is 6.92 Å². The summed E-state index contributed by atoms with van der Waals surface area (Å²) >= 11 is 0. The highest BCUT2D eigenvalue weighted by atomic mass is 16.2. The summed E-state index contributed by atoms with van der Waals surface area (Å²) in [5.74, 6) is 0.866. The lowest BCUT2D eigenvalue weighted by Crippen LogP contribution is -2.38. The van der Waals surface area contributed by atoms with Crippen molar-refractivity contribution in [2.24, 2.45) is 7.05 Å². The maximum atomic E-state index is 11.7. The molecule has 0 saturated carbocycles. The minimum Gasteiger partial charge on any atom is -0.333 e. The predicted octanol–water partition coefficient (Wildman–Crippen LogP) is -0.248. The van der Waals surface area contributed by atoms with Crippen molar-refractivity contribution in [2.45, 2.75) is 20.0 Å². The van der Waals surface area contributed by atoms with Gasteiger partial charge in [-0.3, -0.25) is 9.36 Å². The standard InChI is InChI=1S/C11H14N4O2/c1-9-12-4-6-14(9)7-8-15-10(16)3-5-13(2)11(15)17/h3-6H,7-8H2,1-2H3. The van der Waals surface area contributed by atoms with Crippen LogP contribution in [0.2, 0.25) is 0 Å². The molecule has 0 spiro atoms. The molecule has 6 heteroatoms. The highest BCUT2D eigenvalue weighted by Crippen LogP contribution is 1.94. The van der Waals surface area contributed by atoms with Crippen LogP contribution < -0.4 is 11.2 Å². The number of rotatable bonds is 3. The molecule has 0 fully saturated rings.